The average molecular weight is 280 g/mol. The number of nitrogens with two attached hydrogens (primary N) is 1. The Balaban J connectivity index is 0. The normalized spacial score (nSPS) is 10.8. The van der Waals surface area contributed by atoms with Crippen molar-refractivity contribution >= 4 is 30.7 Å². The molecule has 1 rings (SSSR count). The van der Waals surface area contributed by atoms with Gasteiger partial charge in [-0.05, 0) is 32.9 Å². The Morgan fingerprint density at radius 2 is 2.00 bits per heavy atom. The summed E-state index contributed by atoms with van der Waals surface area (Å²) in [4.78, 5) is 16.0. The highest BCUT2D eigenvalue weighted by atomic mass is 35.5. The molecule has 0 unspecified atom stereocenters. The van der Waals surface area contributed by atoms with Crippen LogP contribution >= 0.6 is 24.8 Å². The lowest BCUT2D eigenvalue weighted by atomic mass is 10.1. The number of rotatable bonds is 3. The van der Waals surface area contributed by atoms with E-state index in [2.05, 4.69) is 10.3 Å². The molecule has 0 aromatic carbocycles. The lowest BCUT2D eigenvalue weighted by molar-refractivity contribution is 0.0940. The molecule has 0 aliphatic rings. The minimum atomic E-state index is -0.113. The average Bonchev–Trinajstić information content (AvgIpc) is 2.17. The first-order chi connectivity index (χ1) is 7.04. The quantitative estimate of drug-likeness (QED) is 0.884. The Morgan fingerprint density at radius 3 is 2.47 bits per heavy atom. The van der Waals surface area contributed by atoms with Crippen molar-refractivity contribution in [2.24, 2.45) is 5.73 Å². The zero-order valence-electron chi connectivity index (χ0n) is 10.2. The number of pyridine rings is 1. The summed E-state index contributed by atoms with van der Waals surface area (Å²) in [6.45, 7) is 6.03. The fourth-order valence-electron chi connectivity index (χ4n) is 1.29. The summed E-state index contributed by atoms with van der Waals surface area (Å²) in [5.41, 5.74) is 7.70. The molecule has 1 amide bonds. The Labute approximate surface area is 114 Å². The third-order valence-corrected chi connectivity index (χ3v) is 2.20. The minimum absolute atomic E-state index is 0. The maximum absolute atomic E-state index is 11.7. The second-order valence-electron chi connectivity index (χ2n) is 3.70. The first-order valence-electron chi connectivity index (χ1n) is 4.99. The van der Waals surface area contributed by atoms with E-state index in [0.29, 0.717) is 12.1 Å². The predicted molar refractivity (Wildman–Crippen MR) is 74.2 cm³/mol. The first kappa shape index (κ1) is 18.5. The lowest BCUT2D eigenvalue weighted by Crippen LogP contribution is -2.38. The van der Waals surface area contributed by atoms with Gasteiger partial charge in [0, 0.05) is 18.3 Å². The zero-order valence-corrected chi connectivity index (χ0v) is 11.8. The van der Waals surface area contributed by atoms with Gasteiger partial charge in [-0.2, -0.15) is 0 Å². The van der Waals surface area contributed by atoms with Crippen LogP contribution < -0.4 is 11.1 Å². The van der Waals surface area contributed by atoms with E-state index in [1.165, 1.54) is 0 Å². The smallest absolute Gasteiger partial charge is 0.253 e. The van der Waals surface area contributed by atoms with Crippen molar-refractivity contribution < 1.29 is 4.79 Å². The summed E-state index contributed by atoms with van der Waals surface area (Å²) >= 11 is 0. The van der Waals surface area contributed by atoms with E-state index in [0.717, 1.165) is 11.4 Å². The van der Waals surface area contributed by atoms with Gasteiger partial charge in [0.25, 0.3) is 5.91 Å². The van der Waals surface area contributed by atoms with E-state index in [1.54, 1.807) is 6.07 Å². The van der Waals surface area contributed by atoms with Gasteiger partial charge < -0.3 is 11.1 Å². The molecule has 0 aliphatic carbocycles. The fraction of sp³-hybridized carbons (Fsp3) is 0.455. The molecule has 3 N–H and O–H groups in total. The Bertz CT molecular complexity index is 372. The molecule has 0 saturated carbocycles. The summed E-state index contributed by atoms with van der Waals surface area (Å²) < 4.78 is 0. The molecular formula is C11H19Cl2N3O. The molecule has 4 nitrogen and oxygen atoms in total. The number of hydrogen-bond acceptors (Lipinski definition) is 3. The first-order valence-corrected chi connectivity index (χ1v) is 4.99. The van der Waals surface area contributed by atoms with Crippen molar-refractivity contribution in [3.63, 3.8) is 0 Å². The molecule has 0 fully saturated rings. The highest BCUT2D eigenvalue weighted by molar-refractivity contribution is 5.95. The van der Waals surface area contributed by atoms with Gasteiger partial charge in [-0.1, -0.05) is 0 Å². The van der Waals surface area contributed by atoms with Crippen LogP contribution in [0.4, 0.5) is 0 Å². The van der Waals surface area contributed by atoms with Gasteiger partial charge in [0.15, 0.2) is 0 Å². The number of carbonyl (C=O) groups is 1. The predicted octanol–water partition coefficient (Wildman–Crippen LogP) is 1.62. The van der Waals surface area contributed by atoms with E-state index in [-0.39, 0.29) is 36.8 Å². The summed E-state index contributed by atoms with van der Waals surface area (Å²) in [5.74, 6) is -0.113. The van der Waals surface area contributed by atoms with Gasteiger partial charge in [0.2, 0.25) is 0 Å². The summed E-state index contributed by atoms with van der Waals surface area (Å²) in [6, 6.07) is 3.60. The molecule has 98 valence electrons. The van der Waals surface area contributed by atoms with Crippen LogP contribution in [0, 0.1) is 13.8 Å². The van der Waals surface area contributed by atoms with Gasteiger partial charge in [-0.15, -0.1) is 24.8 Å². The van der Waals surface area contributed by atoms with E-state index in [4.69, 9.17) is 5.73 Å². The summed E-state index contributed by atoms with van der Waals surface area (Å²) in [5, 5.41) is 2.80. The molecule has 0 saturated heterocycles. The van der Waals surface area contributed by atoms with Crippen LogP contribution in [0.2, 0.25) is 0 Å². The second-order valence-corrected chi connectivity index (χ2v) is 3.70. The van der Waals surface area contributed by atoms with Crippen LogP contribution in [0.3, 0.4) is 0 Å². The zero-order chi connectivity index (χ0) is 11.4. The number of carbonyl (C=O) groups excluding carboxylic acids is 1. The van der Waals surface area contributed by atoms with Gasteiger partial charge in [0.1, 0.15) is 0 Å². The Morgan fingerprint density at radius 1 is 1.41 bits per heavy atom. The topological polar surface area (TPSA) is 68.0 Å². The maximum atomic E-state index is 11.7. The third kappa shape index (κ3) is 5.35. The molecule has 1 heterocycles. The monoisotopic (exact) mass is 279 g/mol. The van der Waals surface area contributed by atoms with Crippen LogP contribution in [-0.4, -0.2) is 23.5 Å². The Hall–Kier alpha value is -0.840. The van der Waals surface area contributed by atoms with Crippen molar-refractivity contribution in [2.75, 3.05) is 6.54 Å². The number of hydrogen-bond donors (Lipinski definition) is 2. The minimum Gasteiger partial charge on any atom is -0.348 e. The Kier molecular flexibility index (Phi) is 9.02. The number of nitrogens with zero attached hydrogens (tertiary/aromatic N) is 1. The van der Waals surface area contributed by atoms with E-state index in [9.17, 15) is 4.79 Å². The van der Waals surface area contributed by atoms with Crippen molar-refractivity contribution in [2.45, 2.75) is 26.8 Å². The summed E-state index contributed by atoms with van der Waals surface area (Å²) in [6.07, 6.45) is 0. The fourth-order valence-corrected chi connectivity index (χ4v) is 1.29. The van der Waals surface area contributed by atoms with Crippen LogP contribution in [-0.2, 0) is 0 Å². The van der Waals surface area contributed by atoms with Gasteiger partial charge >= 0.3 is 0 Å². The van der Waals surface area contributed by atoms with Crippen molar-refractivity contribution in [3.05, 3.63) is 29.1 Å². The highest BCUT2D eigenvalue weighted by Gasteiger charge is 2.11. The molecule has 0 bridgehead atoms. The number of aromatic nitrogens is 1. The largest absolute Gasteiger partial charge is 0.348 e. The van der Waals surface area contributed by atoms with Gasteiger partial charge in [0.05, 0.1) is 11.3 Å². The van der Waals surface area contributed by atoms with Crippen LogP contribution in [0.25, 0.3) is 0 Å². The van der Waals surface area contributed by atoms with E-state index < -0.39 is 0 Å². The molecule has 0 aliphatic heterocycles. The summed E-state index contributed by atoms with van der Waals surface area (Å²) in [7, 11) is 0. The number of halogens is 2. The molecule has 6 heteroatoms. The standard InChI is InChI=1S/C11H17N3O.2ClH/c1-7-4-5-10(9(3)13-7)11(15)14-8(2)6-12;;/h4-5,8H,6,12H2,1-3H3,(H,14,15);2*1H/t8-;;/m1../s1. The van der Waals surface area contributed by atoms with Crippen LogP contribution in [0.15, 0.2) is 12.1 Å². The van der Waals surface area contributed by atoms with Crippen LogP contribution in [0.5, 0.6) is 0 Å². The van der Waals surface area contributed by atoms with Crippen molar-refractivity contribution in [1.29, 1.82) is 0 Å². The molecule has 0 radical (unpaired) electrons. The van der Waals surface area contributed by atoms with Crippen LogP contribution in [0.1, 0.15) is 28.7 Å². The highest BCUT2D eigenvalue weighted by Crippen LogP contribution is 2.06. The SMILES string of the molecule is Cc1ccc(C(=O)N[C@H](C)CN)c(C)n1.Cl.Cl. The molecular weight excluding hydrogens is 261 g/mol. The molecule has 0 spiro atoms. The number of nitrogens with one attached hydrogen (secondary N) is 1. The van der Waals surface area contributed by atoms with Gasteiger partial charge in [-0.25, -0.2) is 0 Å². The second kappa shape index (κ2) is 8.28. The maximum Gasteiger partial charge on any atom is 0.253 e. The lowest BCUT2D eigenvalue weighted by Gasteiger charge is -2.12. The van der Waals surface area contributed by atoms with Gasteiger partial charge in [-0.3, -0.25) is 9.78 Å². The van der Waals surface area contributed by atoms with E-state index in [1.807, 2.05) is 26.8 Å². The molecule has 1 atom stereocenters. The molecule has 1 aromatic heterocycles. The molecule has 17 heavy (non-hydrogen) atoms. The van der Waals surface area contributed by atoms with E-state index >= 15 is 0 Å². The van der Waals surface area contributed by atoms with Crippen molar-refractivity contribution in [3.8, 4) is 0 Å². The molecule has 1 aromatic rings. The third-order valence-electron chi connectivity index (χ3n) is 2.20. The number of amides is 1. The number of aryl methyl sites for hydroxylation is 2. The van der Waals surface area contributed by atoms with Crippen molar-refractivity contribution in [1.82, 2.24) is 10.3 Å².